The highest BCUT2D eigenvalue weighted by Gasteiger charge is 2.10. The third kappa shape index (κ3) is 4.07. The summed E-state index contributed by atoms with van der Waals surface area (Å²) in [4.78, 5) is 11.5. The highest BCUT2D eigenvalue weighted by atomic mass is 35.5. The normalized spacial score (nSPS) is 10.1. The Morgan fingerprint density at radius 3 is 2.41 bits per heavy atom. The molecule has 0 fully saturated rings. The molecular weight excluding hydrogens is 263 g/mol. The van der Waals surface area contributed by atoms with Gasteiger partial charge >= 0.3 is 0 Å². The van der Waals surface area contributed by atoms with Crippen LogP contribution in [0.1, 0.15) is 6.42 Å². The van der Waals surface area contributed by atoms with Crippen molar-refractivity contribution in [3.05, 3.63) is 22.2 Å². The molecule has 0 aliphatic carbocycles. The second-order valence-electron chi connectivity index (χ2n) is 3.37. The molecular formula is C11H14Cl2N2O2. The lowest BCUT2D eigenvalue weighted by atomic mass is 10.3. The Kier molecular flexibility index (Phi) is 5.55. The minimum atomic E-state index is -0.100. The van der Waals surface area contributed by atoms with E-state index in [4.69, 9.17) is 27.9 Å². The van der Waals surface area contributed by atoms with Crippen LogP contribution in [0.15, 0.2) is 12.1 Å². The Bertz CT molecular complexity index is 387. The van der Waals surface area contributed by atoms with Gasteiger partial charge in [-0.1, -0.05) is 23.2 Å². The molecule has 0 saturated carbocycles. The van der Waals surface area contributed by atoms with Crippen LogP contribution in [0.4, 0.5) is 5.69 Å². The maximum absolute atomic E-state index is 11.5. The molecule has 6 heteroatoms. The first-order valence-corrected chi connectivity index (χ1v) is 5.81. The van der Waals surface area contributed by atoms with Crippen molar-refractivity contribution in [2.24, 2.45) is 0 Å². The Morgan fingerprint density at radius 2 is 1.94 bits per heavy atom. The molecule has 1 aromatic rings. The number of hydrogen-bond donors (Lipinski definition) is 2. The molecule has 0 aliphatic heterocycles. The van der Waals surface area contributed by atoms with Crippen molar-refractivity contribution in [2.45, 2.75) is 6.42 Å². The SMILES string of the molecule is CNCCC(=O)Nc1cc(Cl)c(OC)c(Cl)c1. The summed E-state index contributed by atoms with van der Waals surface area (Å²) in [6, 6.07) is 3.20. The third-order valence-corrected chi connectivity index (χ3v) is 2.65. The van der Waals surface area contributed by atoms with Gasteiger partial charge in [0.05, 0.1) is 17.2 Å². The summed E-state index contributed by atoms with van der Waals surface area (Å²) in [5, 5.41) is 6.33. The van der Waals surface area contributed by atoms with E-state index in [1.165, 1.54) is 7.11 Å². The number of amides is 1. The van der Waals surface area contributed by atoms with Gasteiger partial charge in [-0.05, 0) is 19.2 Å². The van der Waals surface area contributed by atoms with Crippen molar-refractivity contribution < 1.29 is 9.53 Å². The van der Waals surface area contributed by atoms with E-state index in [-0.39, 0.29) is 5.91 Å². The number of benzene rings is 1. The molecule has 0 bridgehead atoms. The van der Waals surface area contributed by atoms with Crippen LogP contribution in [-0.4, -0.2) is 26.6 Å². The van der Waals surface area contributed by atoms with Gasteiger partial charge in [0.25, 0.3) is 0 Å². The highest BCUT2D eigenvalue weighted by Crippen LogP contribution is 2.35. The van der Waals surface area contributed by atoms with Gasteiger partial charge in [0.1, 0.15) is 0 Å². The van der Waals surface area contributed by atoms with Crippen LogP contribution in [0.25, 0.3) is 0 Å². The number of nitrogens with one attached hydrogen (secondary N) is 2. The average Bonchev–Trinajstić information content (AvgIpc) is 2.26. The Labute approximate surface area is 110 Å². The van der Waals surface area contributed by atoms with Gasteiger partial charge in [-0.15, -0.1) is 0 Å². The van der Waals surface area contributed by atoms with Crippen molar-refractivity contribution in [1.82, 2.24) is 5.32 Å². The van der Waals surface area contributed by atoms with Gasteiger partial charge in [0.15, 0.2) is 5.75 Å². The minimum absolute atomic E-state index is 0.100. The smallest absolute Gasteiger partial charge is 0.225 e. The fraction of sp³-hybridized carbons (Fsp3) is 0.364. The molecule has 1 amide bonds. The first kappa shape index (κ1) is 14.1. The van der Waals surface area contributed by atoms with E-state index in [0.29, 0.717) is 34.4 Å². The van der Waals surface area contributed by atoms with Crippen molar-refractivity contribution in [3.63, 3.8) is 0 Å². The zero-order valence-corrected chi connectivity index (χ0v) is 11.2. The number of ether oxygens (including phenoxy) is 1. The molecule has 0 saturated heterocycles. The first-order chi connectivity index (χ1) is 8.08. The summed E-state index contributed by atoms with van der Waals surface area (Å²) < 4.78 is 5.01. The molecule has 0 aromatic heterocycles. The predicted molar refractivity (Wildman–Crippen MR) is 70.2 cm³/mol. The van der Waals surface area contributed by atoms with Crippen LogP contribution < -0.4 is 15.4 Å². The summed E-state index contributed by atoms with van der Waals surface area (Å²) in [5.41, 5.74) is 0.557. The van der Waals surface area contributed by atoms with Gasteiger partial charge in [-0.25, -0.2) is 0 Å². The summed E-state index contributed by atoms with van der Waals surface area (Å²) in [6.07, 6.45) is 0.387. The standard InChI is InChI=1S/C11H14Cl2N2O2/c1-14-4-3-10(16)15-7-5-8(12)11(17-2)9(13)6-7/h5-6,14H,3-4H2,1-2H3,(H,15,16). The fourth-order valence-electron chi connectivity index (χ4n) is 1.29. The van der Waals surface area contributed by atoms with Gasteiger partial charge < -0.3 is 15.4 Å². The summed E-state index contributed by atoms with van der Waals surface area (Å²) >= 11 is 11.9. The van der Waals surface area contributed by atoms with Gasteiger partial charge in [0.2, 0.25) is 5.91 Å². The number of carbonyl (C=O) groups is 1. The van der Waals surface area contributed by atoms with Crippen LogP contribution >= 0.6 is 23.2 Å². The Hall–Kier alpha value is -0.970. The van der Waals surface area contributed by atoms with E-state index in [1.807, 2.05) is 0 Å². The van der Waals surface area contributed by atoms with Crippen LogP contribution in [-0.2, 0) is 4.79 Å². The van der Waals surface area contributed by atoms with E-state index >= 15 is 0 Å². The van der Waals surface area contributed by atoms with Crippen molar-refractivity contribution >= 4 is 34.8 Å². The van der Waals surface area contributed by atoms with Crippen LogP contribution in [0.2, 0.25) is 10.0 Å². The molecule has 0 unspecified atom stereocenters. The molecule has 2 N–H and O–H groups in total. The number of halogens is 2. The lowest BCUT2D eigenvalue weighted by molar-refractivity contribution is -0.116. The van der Waals surface area contributed by atoms with Gasteiger partial charge in [-0.3, -0.25) is 4.79 Å². The largest absolute Gasteiger partial charge is 0.494 e. The molecule has 0 heterocycles. The fourth-order valence-corrected chi connectivity index (χ4v) is 1.93. The number of methoxy groups -OCH3 is 1. The summed E-state index contributed by atoms with van der Waals surface area (Å²) in [6.45, 7) is 0.615. The van der Waals surface area contributed by atoms with Gasteiger partial charge in [-0.2, -0.15) is 0 Å². The minimum Gasteiger partial charge on any atom is -0.494 e. The number of anilines is 1. The molecule has 0 radical (unpaired) electrons. The van der Waals surface area contributed by atoms with Crippen LogP contribution in [0, 0.1) is 0 Å². The second-order valence-corrected chi connectivity index (χ2v) is 4.19. The molecule has 1 rings (SSSR count). The number of rotatable bonds is 5. The lowest BCUT2D eigenvalue weighted by Gasteiger charge is -2.10. The van der Waals surface area contributed by atoms with Gasteiger partial charge in [0, 0.05) is 18.7 Å². The summed E-state index contributed by atoms with van der Waals surface area (Å²) in [7, 11) is 3.27. The van der Waals surface area contributed by atoms with E-state index in [1.54, 1.807) is 19.2 Å². The quantitative estimate of drug-likeness (QED) is 0.869. The molecule has 1 aromatic carbocycles. The highest BCUT2D eigenvalue weighted by molar-refractivity contribution is 6.37. The molecule has 4 nitrogen and oxygen atoms in total. The van der Waals surface area contributed by atoms with E-state index < -0.39 is 0 Å². The monoisotopic (exact) mass is 276 g/mol. The maximum Gasteiger partial charge on any atom is 0.225 e. The second kappa shape index (κ2) is 6.69. The van der Waals surface area contributed by atoms with Crippen molar-refractivity contribution in [2.75, 3.05) is 26.0 Å². The van der Waals surface area contributed by atoms with Crippen LogP contribution in [0.3, 0.4) is 0 Å². The maximum atomic E-state index is 11.5. The first-order valence-electron chi connectivity index (χ1n) is 5.06. The van der Waals surface area contributed by atoms with Crippen LogP contribution in [0.5, 0.6) is 5.75 Å². The zero-order chi connectivity index (χ0) is 12.8. The van der Waals surface area contributed by atoms with Crippen molar-refractivity contribution in [3.8, 4) is 5.75 Å². The topological polar surface area (TPSA) is 50.4 Å². The molecule has 0 atom stereocenters. The zero-order valence-electron chi connectivity index (χ0n) is 9.64. The predicted octanol–water partition coefficient (Wildman–Crippen LogP) is 2.55. The van der Waals surface area contributed by atoms with E-state index in [9.17, 15) is 4.79 Å². The number of carbonyl (C=O) groups excluding carboxylic acids is 1. The van der Waals surface area contributed by atoms with E-state index in [2.05, 4.69) is 10.6 Å². The molecule has 0 aliphatic rings. The van der Waals surface area contributed by atoms with Crippen molar-refractivity contribution in [1.29, 1.82) is 0 Å². The Morgan fingerprint density at radius 1 is 1.35 bits per heavy atom. The summed E-state index contributed by atoms with van der Waals surface area (Å²) in [5.74, 6) is 0.304. The number of hydrogen-bond acceptors (Lipinski definition) is 3. The third-order valence-electron chi connectivity index (χ3n) is 2.09. The molecule has 94 valence electrons. The molecule has 0 spiro atoms. The molecule has 17 heavy (non-hydrogen) atoms. The average molecular weight is 277 g/mol. The lowest BCUT2D eigenvalue weighted by Crippen LogP contribution is -2.18. The van der Waals surface area contributed by atoms with E-state index in [0.717, 1.165) is 0 Å². The Balaban J connectivity index is 2.76.